The first-order chi connectivity index (χ1) is 21.8. The predicted octanol–water partition coefficient (Wildman–Crippen LogP) is 11.4. The van der Waals surface area contributed by atoms with Crippen molar-refractivity contribution in [2.75, 3.05) is 0 Å². The Morgan fingerprint density at radius 2 is 0.422 bits per heavy atom. The Morgan fingerprint density at radius 1 is 0.289 bits per heavy atom. The van der Waals surface area contributed by atoms with Gasteiger partial charge in [-0.3, -0.25) is 0 Å². The van der Waals surface area contributed by atoms with Gasteiger partial charge in [0.25, 0.3) is 0 Å². The molecule has 0 aromatic heterocycles. The van der Waals surface area contributed by atoms with E-state index in [1.165, 1.54) is 238 Å². The smallest absolute Gasteiger partial charge is 0.550 e. The molecule has 0 spiro atoms. The number of hydrogen-bond donors (Lipinski definition) is 0. The van der Waals surface area contributed by atoms with Gasteiger partial charge in [0.05, 0.1) is 0 Å². The van der Waals surface area contributed by atoms with E-state index in [2.05, 4.69) is 6.92 Å². The second-order valence-corrected chi connectivity index (χ2v) is 14.6. The molecule has 0 aromatic carbocycles. The molecule has 0 radical (unpaired) electrons. The number of unbranched alkanes of at least 4 members (excludes halogenated alkanes) is 38. The zero-order chi connectivity index (χ0) is 31.9. The quantitative estimate of drug-likeness (QED) is 0.0501. The van der Waals surface area contributed by atoms with Crippen molar-refractivity contribution in [2.45, 2.75) is 264 Å². The Hall–Kier alpha value is 0.0674. The van der Waals surface area contributed by atoms with E-state index >= 15 is 0 Å². The minimum Gasteiger partial charge on any atom is -0.550 e. The molecule has 0 heterocycles. The summed E-state index contributed by atoms with van der Waals surface area (Å²) in [7, 11) is 0. The zero-order valence-electron chi connectivity index (χ0n) is 31.6. The molecule has 45 heavy (non-hydrogen) atoms. The Kier molecular flexibility index (Phi) is 46.2. The molecule has 0 saturated carbocycles. The van der Waals surface area contributed by atoms with Crippen LogP contribution in [0.4, 0.5) is 0 Å². The van der Waals surface area contributed by atoms with Crippen molar-refractivity contribution in [1.82, 2.24) is 0 Å². The molecular weight excluding hydrogens is 543 g/mol. The maximum absolute atomic E-state index is 10.4. The molecule has 0 aromatic rings. The minimum atomic E-state index is -0.897. The van der Waals surface area contributed by atoms with Crippen LogP contribution in [0.1, 0.15) is 264 Å². The minimum absolute atomic E-state index is 0. The summed E-state index contributed by atoms with van der Waals surface area (Å²) in [5.41, 5.74) is 0. The monoisotopic (exact) mass is 627 g/mol. The van der Waals surface area contributed by atoms with Crippen molar-refractivity contribution in [3.05, 3.63) is 0 Å². The summed E-state index contributed by atoms with van der Waals surface area (Å²) in [5.74, 6) is -0.897. The SMILES string of the molecule is CCCCCCCCCCCCCCCCCCCCCCCCCCCCCCCCCCCCCCCCCC(=O)[O-].[Li+]. The first-order valence-electron chi connectivity index (χ1n) is 21.0. The summed E-state index contributed by atoms with van der Waals surface area (Å²) >= 11 is 0. The number of carbonyl (C=O) groups is 1. The Balaban J connectivity index is 0. The Bertz CT molecular complexity index is 523. The van der Waals surface area contributed by atoms with E-state index in [4.69, 9.17) is 0 Å². The third-order valence-corrected chi connectivity index (χ3v) is 9.98. The summed E-state index contributed by atoms with van der Waals surface area (Å²) in [6.07, 6.45) is 55.5. The van der Waals surface area contributed by atoms with Crippen LogP contribution in [0.25, 0.3) is 0 Å². The molecule has 0 atom stereocenters. The van der Waals surface area contributed by atoms with Crippen LogP contribution >= 0.6 is 0 Å². The van der Waals surface area contributed by atoms with Crippen molar-refractivity contribution in [1.29, 1.82) is 0 Å². The first kappa shape index (κ1) is 47.2. The molecule has 0 unspecified atom stereocenters. The third kappa shape index (κ3) is 46.2. The van der Waals surface area contributed by atoms with Gasteiger partial charge in [-0.05, 0) is 12.8 Å². The molecule has 0 rings (SSSR count). The molecule has 0 bridgehead atoms. The van der Waals surface area contributed by atoms with Crippen molar-refractivity contribution in [3.8, 4) is 0 Å². The molecule has 0 aliphatic rings. The van der Waals surface area contributed by atoms with Gasteiger partial charge in [-0.15, -0.1) is 0 Å². The van der Waals surface area contributed by atoms with Gasteiger partial charge >= 0.3 is 18.9 Å². The number of carboxylic acid groups (broad SMARTS) is 1. The summed E-state index contributed by atoms with van der Waals surface area (Å²) in [6, 6.07) is 0. The predicted molar refractivity (Wildman–Crippen MR) is 195 cm³/mol. The molecule has 2 nitrogen and oxygen atoms in total. The van der Waals surface area contributed by atoms with Crippen LogP contribution in [0.5, 0.6) is 0 Å². The van der Waals surface area contributed by atoms with Gasteiger partial charge < -0.3 is 9.90 Å². The number of hydrogen-bond acceptors (Lipinski definition) is 2. The maximum Gasteiger partial charge on any atom is 1.00 e. The average Bonchev–Trinajstić information content (AvgIpc) is 3.02. The van der Waals surface area contributed by atoms with Crippen LogP contribution in [0.15, 0.2) is 0 Å². The summed E-state index contributed by atoms with van der Waals surface area (Å²) < 4.78 is 0. The van der Waals surface area contributed by atoms with Gasteiger partial charge in [0, 0.05) is 5.97 Å². The van der Waals surface area contributed by atoms with Gasteiger partial charge in [0.1, 0.15) is 0 Å². The molecule has 0 fully saturated rings. The van der Waals surface area contributed by atoms with Crippen molar-refractivity contribution < 1.29 is 28.8 Å². The fourth-order valence-electron chi connectivity index (χ4n) is 6.88. The van der Waals surface area contributed by atoms with E-state index in [9.17, 15) is 9.90 Å². The van der Waals surface area contributed by atoms with E-state index in [1.807, 2.05) is 0 Å². The van der Waals surface area contributed by atoms with Crippen LogP contribution in [-0.2, 0) is 4.79 Å². The topological polar surface area (TPSA) is 40.1 Å². The van der Waals surface area contributed by atoms with E-state index in [0.717, 1.165) is 12.8 Å². The standard InChI is InChI=1S/C42H84O2.Li/c1-2-3-4-5-6-7-8-9-10-11-12-13-14-15-16-17-18-19-20-21-22-23-24-25-26-27-28-29-30-31-32-33-34-35-36-37-38-39-40-41-42(43)44;/h2-41H2,1H3,(H,43,44);/q;+1/p-1. The van der Waals surface area contributed by atoms with Crippen LogP contribution < -0.4 is 24.0 Å². The second kappa shape index (κ2) is 44.1. The van der Waals surface area contributed by atoms with Crippen LogP contribution in [0.2, 0.25) is 0 Å². The van der Waals surface area contributed by atoms with Crippen LogP contribution in [-0.4, -0.2) is 5.97 Å². The number of aliphatic carboxylic acids is 1. The summed E-state index contributed by atoms with van der Waals surface area (Å²) in [4.78, 5) is 10.4. The molecule has 3 heteroatoms. The van der Waals surface area contributed by atoms with E-state index < -0.39 is 5.97 Å². The molecule has 0 aliphatic carbocycles. The molecule has 264 valence electrons. The van der Waals surface area contributed by atoms with E-state index in [0.29, 0.717) is 0 Å². The van der Waals surface area contributed by atoms with Gasteiger partial charge in [0.2, 0.25) is 0 Å². The van der Waals surface area contributed by atoms with Crippen molar-refractivity contribution in [3.63, 3.8) is 0 Å². The van der Waals surface area contributed by atoms with Crippen molar-refractivity contribution >= 4 is 5.97 Å². The number of carbonyl (C=O) groups excluding carboxylic acids is 1. The van der Waals surface area contributed by atoms with E-state index in [-0.39, 0.29) is 25.3 Å². The third-order valence-electron chi connectivity index (χ3n) is 9.98. The van der Waals surface area contributed by atoms with Gasteiger partial charge in [-0.2, -0.15) is 0 Å². The normalized spacial score (nSPS) is 11.2. The Morgan fingerprint density at radius 3 is 0.556 bits per heavy atom. The molecule has 0 N–H and O–H groups in total. The molecule has 0 aliphatic heterocycles. The fraction of sp³-hybridized carbons (Fsp3) is 0.976. The van der Waals surface area contributed by atoms with Gasteiger partial charge in [-0.1, -0.05) is 251 Å². The maximum atomic E-state index is 10.4. The average molecular weight is 627 g/mol. The molecule has 0 amide bonds. The van der Waals surface area contributed by atoms with Crippen molar-refractivity contribution in [2.24, 2.45) is 0 Å². The summed E-state index contributed by atoms with van der Waals surface area (Å²) in [5, 5.41) is 10.4. The molecular formula is C42H83LiO2. The number of rotatable bonds is 40. The van der Waals surface area contributed by atoms with Gasteiger partial charge in [0.15, 0.2) is 0 Å². The zero-order valence-corrected chi connectivity index (χ0v) is 31.6. The number of carboxylic acids is 1. The van der Waals surface area contributed by atoms with E-state index in [1.54, 1.807) is 0 Å². The Labute approximate surface area is 297 Å². The molecule has 0 saturated heterocycles. The second-order valence-electron chi connectivity index (χ2n) is 14.6. The largest absolute Gasteiger partial charge is 1.00 e. The first-order valence-corrected chi connectivity index (χ1v) is 21.0. The fourth-order valence-corrected chi connectivity index (χ4v) is 6.88. The summed E-state index contributed by atoms with van der Waals surface area (Å²) in [6.45, 7) is 2.31. The van der Waals surface area contributed by atoms with Crippen LogP contribution in [0, 0.1) is 0 Å². The van der Waals surface area contributed by atoms with Gasteiger partial charge in [-0.25, -0.2) is 0 Å². The van der Waals surface area contributed by atoms with Crippen LogP contribution in [0.3, 0.4) is 0 Å².